The third kappa shape index (κ3) is 6.72. The molecule has 0 aromatic carbocycles. The van der Waals surface area contributed by atoms with E-state index in [1.807, 2.05) is 4.90 Å². The van der Waals surface area contributed by atoms with E-state index < -0.39 is 21.6 Å². The first-order chi connectivity index (χ1) is 15.3. The maximum Gasteiger partial charge on any atom is 0.423 e. The van der Waals surface area contributed by atoms with Crippen LogP contribution in [-0.2, 0) is 19.4 Å². The van der Waals surface area contributed by atoms with Gasteiger partial charge in [-0.3, -0.25) is 9.69 Å². The Hall–Kier alpha value is -1.56. The highest BCUT2D eigenvalue weighted by Crippen LogP contribution is 2.31. The Balaban J connectivity index is 1.69. The number of thiazole rings is 1. The quantitative estimate of drug-likeness (QED) is 0.546. The van der Waals surface area contributed by atoms with Crippen molar-refractivity contribution in [2.24, 2.45) is 0 Å². The molecule has 3 rings (SSSR count). The van der Waals surface area contributed by atoms with Gasteiger partial charge < -0.3 is 9.84 Å². The lowest BCUT2D eigenvalue weighted by atomic mass is 9.88. The van der Waals surface area contributed by atoms with E-state index in [9.17, 15) is 18.0 Å². The van der Waals surface area contributed by atoms with Crippen LogP contribution in [0.1, 0.15) is 71.1 Å². The van der Waals surface area contributed by atoms with Gasteiger partial charge in [-0.1, -0.05) is 26.2 Å². The van der Waals surface area contributed by atoms with Crippen molar-refractivity contribution in [3.05, 3.63) is 6.20 Å². The number of nitrogens with two attached hydrogens (primary N) is 1. The molecule has 9 nitrogen and oxygen atoms in total. The number of aliphatic carboxylic acids is 1. The summed E-state index contributed by atoms with van der Waals surface area (Å²) >= 11 is 0.845. The van der Waals surface area contributed by atoms with Crippen LogP contribution in [-0.4, -0.2) is 66.0 Å². The zero-order valence-corrected chi connectivity index (χ0v) is 20.2. The highest BCUT2D eigenvalue weighted by atomic mass is 32.2. The van der Waals surface area contributed by atoms with Crippen LogP contribution in [0.4, 0.5) is 9.93 Å². The summed E-state index contributed by atoms with van der Waals surface area (Å²) in [6, 6.07) is 0.214. The first-order valence-corrected chi connectivity index (χ1v) is 14.0. The Kier molecular flexibility index (Phi) is 9.04. The summed E-state index contributed by atoms with van der Waals surface area (Å²) in [5.41, 5.74) is 0. The van der Waals surface area contributed by atoms with Gasteiger partial charge in [0.1, 0.15) is 4.21 Å². The molecule has 0 bridgehead atoms. The van der Waals surface area contributed by atoms with Crippen LogP contribution >= 0.6 is 11.3 Å². The number of nitrogens with zero attached hydrogens (tertiary/aromatic N) is 2. The Morgan fingerprint density at radius 2 is 1.81 bits per heavy atom. The van der Waals surface area contributed by atoms with Crippen LogP contribution in [0.5, 0.6) is 0 Å². The summed E-state index contributed by atoms with van der Waals surface area (Å²) in [4.78, 5) is 30.3. The van der Waals surface area contributed by atoms with Crippen molar-refractivity contribution >= 4 is 38.3 Å². The highest BCUT2D eigenvalue weighted by Gasteiger charge is 2.37. The molecule has 0 atom stereocenters. The largest absolute Gasteiger partial charge is 0.480 e. The van der Waals surface area contributed by atoms with Gasteiger partial charge in [0.2, 0.25) is 0 Å². The van der Waals surface area contributed by atoms with Crippen molar-refractivity contribution in [1.29, 1.82) is 0 Å². The zero-order valence-electron chi connectivity index (χ0n) is 18.6. The molecule has 1 aromatic rings. The third-order valence-electron chi connectivity index (χ3n) is 6.19. The number of aromatic nitrogens is 1. The number of rotatable bonds is 9. The first-order valence-electron chi connectivity index (χ1n) is 11.5. The van der Waals surface area contributed by atoms with Gasteiger partial charge in [0.25, 0.3) is 5.13 Å². The third-order valence-corrected chi connectivity index (χ3v) is 9.28. The number of quaternary nitrogens is 1. The van der Waals surface area contributed by atoms with Crippen molar-refractivity contribution in [2.45, 2.75) is 93.5 Å². The van der Waals surface area contributed by atoms with Crippen molar-refractivity contribution in [3.8, 4) is 0 Å². The molecule has 2 fully saturated rings. The highest BCUT2D eigenvalue weighted by molar-refractivity contribution is 7.94. The van der Waals surface area contributed by atoms with Crippen LogP contribution in [0.2, 0.25) is 0 Å². The molecule has 11 heteroatoms. The van der Waals surface area contributed by atoms with E-state index in [2.05, 4.69) is 11.9 Å². The van der Waals surface area contributed by atoms with Crippen molar-refractivity contribution in [3.63, 3.8) is 0 Å². The summed E-state index contributed by atoms with van der Waals surface area (Å²) in [6.07, 6.45) is 11.5. The smallest absolute Gasteiger partial charge is 0.423 e. The lowest BCUT2D eigenvalue weighted by Gasteiger charge is -2.41. The summed E-state index contributed by atoms with van der Waals surface area (Å²) in [5.74, 6) is -2.40. The molecule has 2 aliphatic rings. The normalized spacial score (nSPS) is 22.5. The summed E-state index contributed by atoms with van der Waals surface area (Å²) in [5, 5.41) is 10.5. The number of hydrogen-bond donors (Lipinski definition) is 2. The Morgan fingerprint density at radius 3 is 2.44 bits per heavy atom. The minimum absolute atomic E-state index is 0.128. The monoisotopic (exact) mass is 488 g/mol. The molecule has 32 heavy (non-hydrogen) atoms. The van der Waals surface area contributed by atoms with Crippen LogP contribution in [0.3, 0.4) is 0 Å². The number of urea groups is 1. The number of hydrogen-bond acceptors (Lipinski definition) is 7. The standard InChI is InChI=1S/C21H33N3O6S2/c1-2-12-30-17-10-8-16(9-11-17)24(15-6-4-3-5-7-15)21(27)23-20-22-13-19(31-20)32(28,29)14-18(25)26/h13,15-17H,2-12,14H2,1H3,(H,25,26)(H,22,23,27)/p+1. The molecule has 2 saturated carbocycles. The molecule has 0 unspecified atom stereocenters. The predicted molar refractivity (Wildman–Crippen MR) is 120 cm³/mol. The zero-order chi connectivity index (χ0) is 23.1. The van der Waals surface area contributed by atoms with E-state index in [0.717, 1.165) is 81.9 Å². The summed E-state index contributed by atoms with van der Waals surface area (Å²) in [6.45, 7) is 2.87. The van der Waals surface area contributed by atoms with Gasteiger partial charge in [0, 0.05) is 18.7 Å². The topological polar surface area (TPSA) is 130 Å². The SMILES string of the molecule is CCCOC1CCC(N(C(=O)[NH2+]c2ncc(S(=O)(=O)CC(=O)O)s2)C2CCCCC2)CC1. The van der Waals surface area contributed by atoms with Gasteiger partial charge in [-0.2, -0.15) is 4.98 Å². The number of primary amides is 1. The van der Waals surface area contributed by atoms with E-state index in [4.69, 9.17) is 9.84 Å². The van der Waals surface area contributed by atoms with E-state index in [0.29, 0.717) is 5.13 Å². The Labute approximate surface area is 193 Å². The molecule has 0 radical (unpaired) electrons. The first kappa shape index (κ1) is 25.1. The van der Waals surface area contributed by atoms with Gasteiger partial charge in [0.15, 0.2) is 15.6 Å². The predicted octanol–water partition coefficient (Wildman–Crippen LogP) is 2.69. The molecule has 3 N–H and O–H groups in total. The van der Waals surface area contributed by atoms with Gasteiger partial charge in [0.05, 0.1) is 12.3 Å². The van der Waals surface area contributed by atoms with E-state index >= 15 is 0 Å². The van der Waals surface area contributed by atoms with Crippen LogP contribution in [0.15, 0.2) is 10.4 Å². The van der Waals surface area contributed by atoms with E-state index in [1.54, 1.807) is 0 Å². The molecule has 2 aliphatic carbocycles. The van der Waals surface area contributed by atoms with Crippen molar-refractivity contribution in [2.75, 3.05) is 12.4 Å². The van der Waals surface area contributed by atoms with Gasteiger partial charge >= 0.3 is 12.0 Å². The molecule has 0 aliphatic heterocycles. The summed E-state index contributed by atoms with van der Waals surface area (Å²) in [7, 11) is -3.95. The number of carbonyl (C=O) groups is 2. The second kappa shape index (κ2) is 11.5. The van der Waals surface area contributed by atoms with Gasteiger partial charge in [-0.05, 0) is 56.3 Å². The number of carboxylic acids is 1. The fourth-order valence-corrected chi connectivity index (χ4v) is 6.89. The molecular weight excluding hydrogens is 454 g/mol. The maximum atomic E-state index is 13.4. The lowest BCUT2D eigenvalue weighted by molar-refractivity contribution is -0.475. The molecule has 2 amide bonds. The Morgan fingerprint density at radius 1 is 1.16 bits per heavy atom. The second-order valence-electron chi connectivity index (χ2n) is 8.65. The van der Waals surface area contributed by atoms with E-state index in [-0.39, 0.29) is 28.4 Å². The van der Waals surface area contributed by atoms with Crippen molar-refractivity contribution < 1.29 is 33.2 Å². The minimum atomic E-state index is -3.95. The molecule has 1 aromatic heterocycles. The minimum Gasteiger partial charge on any atom is -0.480 e. The van der Waals surface area contributed by atoms with Crippen LogP contribution in [0.25, 0.3) is 0 Å². The van der Waals surface area contributed by atoms with Crippen molar-refractivity contribution in [1.82, 2.24) is 9.88 Å². The molecule has 0 saturated heterocycles. The van der Waals surface area contributed by atoms with Gasteiger partial charge in [-0.25, -0.2) is 18.5 Å². The van der Waals surface area contributed by atoms with Crippen LogP contribution in [0, 0.1) is 0 Å². The van der Waals surface area contributed by atoms with Gasteiger partial charge in [-0.15, -0.1) is 0 Å². The summed E-state index contributed by atoms with van der Waals surface area (Å²) < 4.78 is 30.1. The molecule has 1 heterocycles. The number of amides is 2. The average Bonchev–Trinajstić information content (AvgIpc) is 3.23. The molecule has 180 valence electrons. The number of ether oxygens (including phenoxy) is 1. The second-order valence-corrected chi connectivity index (χ2v) is 11.9. The molecular formula is C21H34N3O6S2+. The molecule has 0 spiro atoms. The number of sulfone groups is 1. The fourth-order valence-electron chi connectivity index (χ4n) is 4.69. The number of carboxylic acid groups (broad SMARTS) is 1. The Bertz CT molecular complexity index is 874. The van der Waals surface area contributed by atoms with Crippen LogP contribution < -0.4 is 5.32 Å². The maximum absolute atomic E-state index is 13.4. The average molecular weight is 489 g/mol. The lowest BCUT2D eigenvalue weighted by Crippen LogP contribution is -2.87. The number of carbonyl (C=O) groups excluding carboxylic acids is 1. The fraction of sp³-hybridized carbons (Fsp3) is 0.762. The van der Waals surface area contributed by atoms with E-state index in [1.165, 1.54) is 11.7 Å².